The van der Waals surface area contributed by atoms with E-state index in [4.69, 9.17) is 23.2 Å². The molecular weight excluding hydrogens is 573 g/mol. The van der Waals surface area contributed by atoms with Gasteiger partial charge in [0.2, 0.25) is 11.8 Å². The molecule has 2 heterocycles. The summed E-state index contributed by atoms with van der Waals surface area (Å²) >= 11 is 14.3. The highest BCUT2D eigenvalue weighted by Crippen LogP contribution is 2.65. The average molecular weight is 598 g/mol. The van der Waals surface area contributed by atoms with Gasteiger partial charge in [-0.3, -0.25) is 39.1 Å². The lowest BCUT2D eigenvalue weighted by Crippen LogP contribution is -2.60. The summed E-state index contributed by atoms with van der Waals surface area (Å²) in [7, 11) is 1.32. The first-order valence-electron chi connectivity index (χ1n) is 13.1. The SMILES string of the molecule is Cc1cc(C2C3=CCC4C(=O)N(c5ccc([N+](=O)[O-])cc5)C(=O)C4C3CC3(Cl)C(=O)N(C)C(=O)C23Cl)cc(C)c1O. The van der Waals surface area contributed by atoms with Crippen LogP contribution in [0, 0.1) is 41.7 Å². The number of amides is 4. The number of imide groups is 2. The second-order valence-electron chi connectivity index (χ2n) is 11.3. The van der Waals surface area contributed by atoms with E-state index in [0.29, 0.717) is 22.3 Å². The fraction of sp³-hybridized carbons (Fsp3) is 0.379. The molecule has 1 saturated carbocycles. The number of benzene rings is 2. The number of carbonyl (C=O) groups excluding carboxylic acids is 4. The summed E-state index contributed by atoms with van der Waals surface area (Å²) in [5, 5.41) is 21.6. The lowest BCUT2D eigenvalue weighted by molar-refractivity contribution is -0.384. The third kappa shape index (κ3) is 3.43. The van der Waals surface area contributed by atoms with Crippen LogP contribution in [0.4, 0.5) is 11.4 Å². The Morgan fingerprint density at radius 2 is 1.59 bits per heavy atom. The van der Waals surface area contributed by atoms with E-state index in [1.807, 2.05) is 6.08 Å². The molecule has 2 aliphatic heterocycles. The molecule has 10 nitrogen and oxygen atoms in total. The van der Waals surface area contributed by atoms with Crippen molar-refractivity contribution >= 4 is 58.2 Å². The smallest absolute Gasteiger partial charge is 0.269 e. The minimum Gasteiger partial charge on any atom is -0.507 e. The van der Waals surface area contributed by atoms with Crippen LogP contribution in [0.2, 0.25) is 0 Å². The van der Waals surface area contributed by atoms with E-state index in [1.165, 1.54) is 31.3 Å². The number of nitro groups is 1. The largest absolute Gasteiger partial charge is 0.507 e. The Balaban J connectivity index is 1.50. The predicted molar refractivity (Wildman–Crippen MR) is 149 cm³/mol. The molecule has 3 fully saturated rings. The Labute approximate surface area is 244 Å². The maximum absolute atomic E-state index is 14.0. The fourth-order valence-corrected chi connectivity index (χ4v) is 8.27. The summed E-state index contributed by atoms with van der Waals surface area (Å²) in [5.74, 6) is -5.45. The number of anilines is 1. The number of phenols is 1. The lowest BCUT2D eigenvalue weighted by atomic mass is 9.56. The predicted octanol–water partition coefficient (Wildman–Crippen LogP) is 4.11. The number of fused-ring (bicyclic) bond motifs is 4. The van der Waals surface area contributed by atoms with Gasteiger partial charge in [0.05, 0.1) is 22.4 Å². The molecule has 2 aromatic rings. The Morgan fingerprint density at radius 1 is 0.976 bits per heavy atom. The summed E-state index contributed by atoms with van der Waals surface area (Å²) in [4.78, 5) is 63.5. The number of nitro benzene ring substituents is 1. The summed E-state index contributed by atoms with van der Waals surface area (Å²) in [6.45, 7) is 3.42. The van der Waals surface area contributed by atoms with Gasteiger partial charge >= 0.3 is 0 Å². The van der Waals surface area contributed by atoms with Crippen molar-refractivity contribution in [2.24, 2.45) is 17.8 Å². The molecule has 41 heavy (non-hydrogen) atoms. The molecule has 2 aromatic carbocycles. The van der Waals surface area contributed by atoms with E-state index in [1.54, 1.807) is 26.0 Å². The number of allylic oxidation sites excluding steroid dienone is 2. The molecule has 4 amide bonds. The molecular formula is C29H25Cl2N3O7. The van der Waals surface area contributed by atoms with Gasteiger partial charge in [0.15, 0.2) is 9.75 Å². The van der Waals surface area contributed by atoms with E-state index in [2.05, 4.69) is 0 Å². The molecule has 1 N–H and O–H groups in total. The number of likely N-dealkylation sites (tertiary alicyclic amines) is 1. The monoisotopic (exact) mass is 597 g/mol. The van der Waals surface area contributed by atoms with E-state index in [-0.39, 0.29) is 30.0 Å². The molecule has 4 aliphatic rings. The van der Waals surface area contributed by atoms with Crippen LogP contribution in [0.5, 0.6) is 5.75 Å². The number of rotatable bonds is 3. The number of alkyl halides is 2. The first-order valence-corrected chi connectivity index (χ1v) is 13.8. The Morgan fingerprint density at radius 3 is 2.17 bits per heavy atom. The minimum absolute atomic E-state index is 0.0841. The van der Waals surface area contributed by atoms with Gasteiger partial charge in [0, 0.05) is 25.1 Å². The molecule has 2 saturated heterocycles. The second-order valence-corrected chi connectivity index (χ2v) is 12.5. The van der Waals surface area contributed by atoms with Crippen LogP contribution in [0.3, 0.4) is 0 Å². The molecule has 2 aliphatic carbocycles. The van der Waals surface area contributed by atoms with E-state index >= 15 is 0 Å². The zero-order valence-electron chi connectivity index (χ0n) is 22.3. The number of nitrogens with zero attached hydrogens (tertiary/aromatic N) is 3. The van der Waals surface area contributed by atoms with Crippen molar-refractivity contribution in [1.29, 1.82) is 0 Å². The van der Waals surface area contributed by atoms with Crippen molar-refractivity contribution in [3.63, 3.8) is 0 Å². The number of hydrogen-bond acceptors (Lipinski definition) is 7. The maximum Gasteiger partial charge on any atom is 0.269 e. The molecule has 12 heteroatoms. The molecule has 212 valence electrons. The van der Waals surface area contributed by atoms with Crippen molar-refractivity contribution in [3.05, 3.63) is 74.9 Å². The van der Waals surface area contributed by atoms with Crippen molar-refractivity contribution in [3.8, 4) is 5.75 Å². The third-order valence-electron chi connectivity index (χ3n) is 9.18. The normalized spacial score (nSPS) is 32.6. The van der Waals surface area contributed by atoms with E-state index < -0.39 is 62.0 Å². The lowest BCUT2D eigenvalue weighted by Gasteiger charge is -2.51. The van der Waals surface area contributed by atoms with E-state index in [9.17, 15) is 34.4 Å². The number of hydrogen-bond donors (Lipinski definition) is 1. The van der Waals surface area contributed by atoms with Crippen molar-refractivity contribution in [1.82, 2.24) is 4.90 Å². The zero-order valence-corrected chi connectivity index (χ0v) is 23.8. The topological polar surface area (TPSA) is 138 Å². The molecule has 0 radical (unpaired) electrons. The number of carbonyl (C=O) groups is 4. The third-order valence-corrected chi connectivity index (χ3v) is 10.6. The molecule has 6 rings (SSSR count). The number of aryl methyl sites for hydroxylation is 2. The van der Waals surface area contributed by atoms with Crippen LogP contribution in [0.25, 0.3) is 0 Å². The minimum atomic E-state index is -1.91. The van der Waals surface area contributed by atoms with Crippen LogP contribution in [-0.2, 0) is 19.2 Å². The summed E-state index contributed by atoms with van der Waals surface area (Å²) in [6.07, 6.45) is 1.88. The molecule has 0 bridgehead atoms. The fourth-order valence-electron chi connectivity index (χ4n) is 7.25. The molecule has 0 spiro atoms. The highest BCUT2D eigenvalue weighted by atomic mass is 35.5. The highest BCUT2D eigenvalue weighted by Gasteiger charge is 2.75. The van der Waals surface area contributed by atoms with Gasteiger partial charge in [0.1, 0.15) is 5.75 Å². The Bertz CT molecular complexity index is 1600. The highest BCUT2D eigenvalue weighted by molar-refractivity contribution is 6.53. The van der Waals surface area contributed by atoms with Crippen LogP contribution in [0.1, 0.15) is 35.4 Å². The zero-order chi connectivity index (χ0) is 29.8. The molecule has 6 atom stereocenters. The van der Waals surface area contributed by atoms with Crippen LogP contribution in [0.15, 0.2) is 48.0 Å². The summed E-state index contributed by atoms with van der Waals surface area (Å²) in [5.41, 5.74) is 2.31. The first kappa shape index (κ1) is 27.4. The summed E-state index contributed by atoms with van der Waals surface area (Å²) < 4.78 is 0. The molecule has 6 unspecified atom stereocenters. The van der Waals surface area contributed by atoms with Gasteiger partial charge in [0.25, 0.3) is 17.5 Å². The van der Waals surface area contributed by atoms with Gasteiger partial charge < -0.3 is 5.11 Å². The number of aromatic hydroxyl groups is 1. The number of halogens is 2. The van der Waals surface area contributed by atoms with Gasteiger partial charge in [-0.15, -0.1) is 23.2 Å². The first-order chi connectivity index (χ1) is 19.2. The van der Waals surface area contributed by atoms with Gasteiger partial charge in [-0.2, -0.15) is 0 Å². The Kier molecular flexibility index (Phi) is 5.93. The van der Waals surface area contributed by atoms with Gasteiger partial charge in [-0.25, -0.2) is 0 Å². The Hall–Kier alpha value is -3.76. The molecule has 0 aromatic heterocycles. The maximum atomic E-state index is 14.0. The van der Waals surface area contributed by atoms with Gasteiger partial charge in [-0.1, -0.05) is 23.8 Å². The number of non-ortho nitro benzene ring substituents is 1. The van der Waals surface area contributed by atoms with Crippen molar-refractivity contribution in [2.45, 2.75) is 42.4 Å². The van der Waals surface area contributed by atoms with Crippen molar-refractivity contribution in [2.75, 3.05) is 11.9 Å². The summed E-state index contributed by atoms with van der Waals surface area (Å²) in [6, 6.07) is 8.55. The average Bonchev–Trinajstić information content (AvgIpc) is 3.26. The van der Waals surface area contributed by atoms with Crippen LogP contribution in [-0.4, -0.2) is 55.4 Å². The van der Waals surface area contributed by atoms with Gasteiger partial charge in [-0.05, 0) is 61.4 Å². The van der Waals surface area contributed by atoms with Crippen molar-refractivity contribution < 1.29 is 29.2 Å². The second kappa shape index (κ2) is 8.87. The van der Waals surface area contributed by atoms with Crippen LogP contribution < -0.4 is 4.90 Å². The van der Waals surface area contributed by atoms with Crippen LogP contribution >= 0.6 is 23.2 Å². The number of phenolic OH excluding ortho intramolecular Hbond substituents is 1. The van der Waals surface area contributed by atoms with E-state index in [0.717, 1.165) is 9.80 Å². The standard InChI is InChI=1S/C29H25Cl2N3O7/c1-13-10-15(11-14(2)23(13)35)22-18-8-9-19-21(20(18)12-28(30)26(38)32(3)27(39)29(22,28)31)25(37)33(24(19)36)16-4-6-17(7-5-16)34(40)41/h4-8,10-11,19-22,35H,9,12H2,1-3H3. The quantitative estimate of drug-likeness (QED) is 0.185.